The van der Waals surface area contributed by atoms with Gasteiger partial charge in [-0.05, 0) is 127 Å². The molecule has 2 unspecified atom stereocenters. The number of alkyl halides is 6. The second-order valence-corrected chi connectivity index (χ2v) is 37.8. The topological polar surface area (TPSA) is 462 Å². The number of pyridine rings is 2. The number of likely N-dealkylation sites (N-methyl/N-ethyl adjacent to an activating group) is 2. The SMILES string of the molecule is C[C@@H]1CN(c2cc(F)c(C3=CCN(c4ncc(CN5CCN(C(=O)CCNc6cccc7c6C(=O)N(C6CCC(=O)NC6=O)C7=O)CC5)cn4)CC3)cc2NC(=O)c2c[nH]c(=O)cc2C(F)(F)F)C[C@H](C)N1C.C[C@@H]1CN(c2cc(F)c(C3=CCN(c4ncc(CN5CCNCC5)cn4)CC3)cc2NC(=O)c2c[nH]c(=O)cc2C(F)(F)F)C[C@H](C)N1C.O=C(O)CCNc1cccc2c1C(=O)N(C1CCC(=O)NC1=O)C2=O. The first-order valence-corrected chi connectivity index (χ1v) is 48.3. The normalized spacial score (nSPS) is 20.8. The van der Waals surface area contributed by atoms with Crippen LogP contribution < -0.4 is 67.9 Å². The Morgan fingerprint density at radius 1 is 0.463 bits per heavy atom. The molecule has 14 heterocycles. The first-order valence-electron chi connectivity index (χ1n) is 48.3. The molecule has 6 saturated heterocycles. The second-order valence-electron chi connectivity index (χ2n) is 37.8. The number of halogens is 8. The third-order valence-electron chi connectivity index (χ3n) is 28.1. The first kappa shape index (κ1) is 105. The molecule has 10 aliphatic heterocycles. The minimum Gasteiger partial charge on any atom is -0.481 e. The molecular formula is C100H110F8N24O15. The quantitative estimate of drug-likeness (QED) is 0.0204. The van der Waals surface area contributed by atoms with Gasteiger partial charge >= 0.3 is 18.3 Å². The minimum absolute atomic E-state index is 0.0140. The molecule has 18 rings (SSSR count). The number of aliphatic carboxylic acids is 1. The lowest BCUT2D eigenvalue weighted by Gasteiger charge is -2.44. The molecule has 0 bridgehead atoms. The number of aromatic nitrogens is 6. The van der Waals surface area contributed by atoms with E-state index in [1.165, 1.54) is 36.4 Å². The lowest BCUT2D eigenvalue weighted by molar-refractivity contribution is -0.138. The van der Waals surface area contributed by atoms with Gasteiger partial charge in [0.15, 0.2) is 0 Å². The Labute approximate surface area is 836 Å². The van der Waals surface area contributed by atoms with Gasteiger partial charge in [-0.15, -0.1) is 0 Å². The molecule has 6 fully saturated rings. The Morgan fingerprint density at radius 3 is 1.23 bits per heavy atom. The molecule has 0 spiro atoms. The van der Waals surface area contributed by atoms with E-state index in [9.17, 15) is 93.5 Å². The Kier molecular flexibility index (Phi) is 31.7. The summed E-state index contributed by atoms with van der Waals surface area (Å²) in [6.45, 7) is 19.4. The monoisotopic (exact) mass is 2040 g/mol. The van der Waals surface area contributed by atoms with Crippen molar-refractivity contribution in [2.45, 2.75) is 141 Å². The number of piperidine rings is 2. The van der Waals surface area contributed by atoms with Crippen LogP contribution in [0.5, 0.6) is 0 Å². The van der Waals surface area contributed by atoms with Gasteiger partial charge in [-0.3, -0.25) is 107 Å². The molecule has 0 radical (unpaired) electrons. The van der Waals surface area contributed by atoms with Crippen molar-refractivity contribution in [3.8, 4) is 0 Å². The number of anilines is 8. The molecule has 10 aliphatic rings. The molecular weight excluding hydrogens is 1930 g/mol. The average Bonchev–Trinajstić information content (AvgIpc) is 1.60. The van der Waals surface area contributed by atoms with E-state index in [1.54, 1.807) is 41.6 Å². The first-order chi connectivity index (χ1) is 70.1. The Bertz CT molecular complexity index is 6650. The molecule has 0 aliphatic carbocycles. The molecule has 776 valence electrons. The van der Waals surface area contributed by atoms with Gasteiger partial charge in [0.1, 0.15) is 23.7 Å². The third kappa shape index (κ3) is 23.7. The average molecular weight is 2040 g/mol. The lowest BCUT2D eigenvalue weighted by Crippen LogP contribution is -2.55. The highest BCUT2D eigenvalue weighted by molar-refractivity contribution is 6.27. The van der Waals surface area contributed by atoms with E-state index in [0.717, 1.165) is 66.0 Å². The van der Waals surface area contributed by atoms with Crippen LogP contribution in [0, 0.1) is 11.6 Å². The summed E-state index contributed by atoms with van der Waals surface area (Å²) in [6.07, 6.45) is 3.44. The zero-order valence-corrected chi connectivity index (χ0v) is 81.2. The fraction of sp³-hybridized carbons (Fsp3) is 0.420. The number of carboxylic acid groups (broad SMARTS) is 1. The van der Waals surface area contributed by atoms with Crippen molar-refractivity contribution in [2.24, 2.45) is 0 Å². The summed E-state index contributed by atoms with van der Waals surface area (Å²) >= 11 is 0. The van der Waals surface area contributed by atoms with Gasteiger partial charge in [0.05, 0.1) is 73.7 Å². The smallest absolute Gasteiger partial charge is 0.417 e. The number of amides is 11. The molecule has 4 aromatic heterocycles. The van der Waals surface area contributed by atoms with E-state index in [0.29, 0.717) is 156 Å². The standard InChI is InChI=1S/C50H54F4N12O7.C34H41F4N9O2.C16H15N3O6/c1-28-25-65(26-29(2)61(28)3)40-21-36(51)33(19-38(40)59-45(70)34-24-56-42(68)20-35(34)50(52,53)54)31-10-13-64(14-11-31)49-57-22-30(23-58-49)27-62-15-17-63(18-16-62)43(69)9-12-55-37-6-4-5-32-44(37)48(73)66(47(32)72)39-7-8-41(67)60-46(39)71;1-21-18-47(19-22(2)44(21)3)30-14-28(35)25(12-29(30)43-32(49)26-17-40-31(48)13-27(26)34(36,37)38)24-4-8-46(9-5-24)33-41-15-23(16-42-33)20-45-10-6-39-7-11-45;20-11-5-4-10(14(23)18-11)19-15(24)8-2-1-3-9(13(8)16(19)25)17-7-6-12(21)22/h4-6,10,19-24,28-29,39,55H,7-9,11-18,25-27H2,1-3H3,(H,56,68)(H,59,70)(H,60,67,71);4,12-17,21-22,39H,5-11,18-20H2,1-3H3,(H,40,48)(H,43,49);1-3,10,17H,4-7H2,(H,21,22)(H,18,20,23)/t28-,29+,39?;21-,22+;. The number of H-pyrrole nitrogens is 2. The second kappa shape index (κ2) is 44.5. The molecule has 0 saturated carbocycles. The number of aromatic amines is 2. The number of hydrogen-bond acceptors (Lipinski definition) is 29. The molecule has 147 heavy (non-hydrogen) atoms. The Hall–Kier alpha value is -15.1. The fourth-order valence-corrected chi connectivity index (χ4v) is 19.7. The number of rotatable bonds is 24. The van der Waals surface area contributed by atoms with Gasteiger partial charge in [0.25, 0.3) is 35.4 Å². The summed E-state index contributed by atoms with van der Waals surface area (Å²) in [5, 5.41) is 27.6. The van der Waals surface area contributed by atoms with Gasteiger partial charge < -0.3 is 66.2 Å². The number of carboxylic acids is 1. The molecule has 6 atom stereocenters. The Balaban J connectivity index is 0.000000178. The van der Waals surface area contributed by atoms with Gasteiger partial charge in [0.2, 0.25) is 52.6 Å². The molecule has 11 amide bonds. The number of nitrogens with zero attached hydrogens (tertiary/aromatic N) is 15. The van der Waals surface area contributed by atoms with Gasteiger partial charge in [-0.25, -0.2) is 28.7 Å². The number of piperazine rings is 4. The maximum Gasteiger partial charge on any atom is 0.417 e. The van der Waals surface area contributed by atoms with Gasteiger partial charge in [0, 0.05) is 257 Å². The number of nitrogens with one attached hydrogen (secondary N) is 9. The Morgan fingerprint density at radius 2 is 0.857 bits per heavy atom. The number of carbonyl (C=O) groups excluding carboxylic acids is 11. The van der Waals surface area contributed by atoms with Crippen molar-refractivity contribution in [1.82, 2.24) is 80.2 Å². The van der Waals surface area contributed by atoms with Crippen LogP contribution >= 0.6 is 0 Å². The number of hydrogen-bond donors (Lipinski definition) is 10. The molecule has 8 aromatic rings. The number of fused-ring (bicyclic) bond motifs is 2. The van der Waals surface area contributed by atoms with Crippen LogP contribution in [0.25, 0.3) is 11.1 Å². The molecule has 10 N–H and O–H groups in total. The summed E-state index contributed by atoms with van der Waals surface area (Å²) < 4.78 is 116. The van der Waals surface area contributed by atoms with Crippen molar-refractivity contribution in [3.63, 3.8) is 0 Å². The van der Waals surface area contributed by atoms with Crippen molar-refractivity contribution < 1.29 is 97.8 Å². The van der Waals surface area contributed by atoms with E-state index in [-0.39, 0.29) is 126 Å². The number of benzene rings is 4. The summed E-state index contributed by atoms with van der Waals surface area (Å²) in [5.74, 6) is -8.00. The predicted molar refractivity (Wildman–Crippen MR) is 524 cm³/mol. The molecule has 4 aromatic carbocycles. The number of carbonyl (C=O) groups is 12. The maximum absolute atomic E-state index is 16.2. The number of imide groups is 4. The largest absolute Gasteiger partial charge is 0.481 e. The third-order valence-corrected chi connectivity index (χ3v) is 28.1. The lowest BCUT2D eigenvalue weighted by atomic mass is 9.97. The van der Waals surface area contributed by atoms with E-state index >= 15 is 8.78 Å². The van der Waals surface area contributed by atoms with E-state index in [1.807, 2.05) is 85.9 Å². The van der Waals surface area contributed by atoms with Crippen molar-refractivity contribution in [1.29, 1.82) is 0 Å². The van der Waals surface area contributed by atoms with Crippen molar-refractivity contribution in [3.05, 3.63) is 221 Å². The van der Waals surface area contributed by atoms with E-state index in [4.69, 9.17) is 5.11 Å². The van der Waals surface area contributed by atoms with Crippen LogP contribution in [-0.4, -0.2) is 308 Å². The predicted octanol–water partition coefficient (Wildman–Crippen LogP) is 7.72. The highest BCUT2D eigenvalue weighted by Gasteiger charge is 2.49. The summed E-state index contributed by atoms with van der Waals surface area (Å²) in [6, 6.07) is 13.9. The highest BCUT2D eigenvalue weighted by atomic mass is 19.4. The molecule has 47 heteroatoms. The summed E-state index contributed by atoms with van der Waals surface area (Å²) in [5.41, 5.74) is -0.342. The van der Waals surface area contributed by atoms with Crippen LogP contribution in [0.1, 0.15) is 175 Å². The van der Waals surface area contributed by atoms with Crippen LogP contribution in [0.2, 0.25) is 0 Å². The van der Waals surface area contributed by atoms with Crippen LogP contribution in [0.4, 0.5) is 81.1 Å². The van der Waals surface area contributed by atoms with Crippen molar-refractivity contribution >= 4 is 128 Å². The van der Waals surface area contributed by atoms with E-state index in [2.05, 4.69) is 86.7 Å². The summed E-state index contributed by atoms with van der Waals surface area (Å²) in [4.78, 5) is 217. The van der Waals surface area contributed by atoms with Crippen LogP contribution in [0.15, 0.2) is 132 Å². The van der Waals surface area contributed by atoms with Crippen molar-refractivity contribution in [2.75, 3.05) is 173 Å². The van der Waals surface area contributed by atoms with Crippen LogP contribution in [0.3, 0.4) is 0 Å². The zero-order valence-electron chi connectivity index (χ0n) is 81.2. The fourth-order valence-electron chi connectivity index (χ4n) is 19.7. The maximum atomic E-state index is 16.2. The van der Waals surface area contributed by atoms with Crippen LogP contribution in [-0.2, 0) is 54.2 Å². The van der Waals surface area contributed by atoms with Gasteiger partial charge in [-0.1, -0.05) is 24.3 Å². The van der Waals surface area contributed by atoms with E-state index < -0.39 is 134 Å². The summed E-state index contributed by atoms with van der Waals surface area (Å²) in [7, 11) is 3.98. The molecule has 39 nitrogen and oxygen atoms in total. The van der Waals surface area contributed by atoms with Gasteiger partial charge in [-0.2, -0.15) is 26.3 Å². The minimum atomic E-state index is -4.98. The zero-order chi connectivity index (χ0) is 105. The highest BCUT2D eigenvalue weighted by Crippen LogP contribution is 2.43.